The second kappa shape index (κ2) is 11.0. The number of anilines is 1. The Morgan fingerprint density at radius 2 is 1.64 bits per heavy atom. The fraction of sp³-hybridized carbons (Fsp3) is 0.417. The number of hydrogen-bond donors (Lipinski definition) is 1. The maximum atomic E-state index is 13.5. The van der Waals surface area contributed by atoms with E-state index in [1.54, 1.807) is 32.0 Å². The van der Waals surface area contributed by atoms with Crippen molar-refractivity contribution in [1.29, 1.82) is 0 Å². The third-order valence-corrected chi connectivity index (χ3v) is 6.79. The Balaban J connectivity index is 2.43. The van der Waals surface area contributed by atoms with Crippen molar-refractivity contribution < 1.29 is 18.0 Å². The van der Waals surface area contributed by atoms with Crippen LogP contribution < -0.4 is 9.62 Å². The van der Waals surface area contributed by atoms with Crippen molar-refractivity contribution in [3.63, 3.8) is 0 Å². The summed E-state index contributed by atoms with van der Waals surface area (Å²) in [4.78, 5) is 27.6. The van der Waals surface area contributed by atoms with Gasteiger partial charge < -0.3 is 10.2 Å². The standard InChI is InChI=1S/C24H32ClN3O4S/c1-16(2)26-24(30)19(5)27(14-20-12-10-17(3)11-13-20)23(29)15-28(33(6,31)32)22-9-7-8-21(25)18(22)4/h7-13,16,19H,14-15H2,1-6H3,(H,26,30)/t19-/m0/s1. The van der Waals surface area contributed by atoms with E-state index >= 15 is 0 Å². The number of amides is 2. The summed E-state index contributed by atoms with van der Waals surface area (Å²) in [5.74, 6) is -0.804. The van der Waals surface area contributed by atoms with Gasteiger partial charge in [-0.15, -0.1) is 0 Å². The molecule has 0 fully saturated rings. The predicted molar refractivity (Wildman–Crippen MR) is 133 cm³/mol. The minimum atomic E-state index is -3.80. The highest BCUT2D eigenvalue weighted by Gasteiger charge is 2.31. The SMILES string of the molecule is Cc1ccc(CN(C(=O)CN(c2cccc(Cl)c2C)S(C)(=O)=O)[C@@H](C)C(=O)NC(C)C)cc1. The van der Waals surface area contributed by atoms with E-state index in [1.807, 2.05) is 45.0 Å². The number of rotatable bonds is 9. The van der Waals surface area contributed by atoms with E-state index in [0.717, 1.165) is 21.7 Å². The van der Waals surface area contributed by atoms with Gasteiger partial charge in [-0.3, -0.25) is 13.9 Å². The minimum absolute atomic E-state index is 0.0992. The molecule has 2 amide bonds. The van der Waals surface area contributed by atoms with Crippen LogP contribution in [0.2, 0.25) is 5.02 Å². The van der Waals surface area contributed by atoms with E-state index in [4.69, 9.17) is 11.6 Å². The van der Waals surface area contributed by atoms with Crippen molar-refractivity contribution >= 4 is 39.1 Å². The van der Waals surface area contributed by atoms with Gasteiger partial charge in [0.25, 0.3) is 0 Å². The van der Waals surface area contributed by atoms with Gasteiger partial charge in [0.2, 0.25) is 21.8 Å². The molecule has 0 bridgehead atoms. The number of halogens is 1. The highest BCUT2D eigenvalue weighted by Crippen LogP contribution is 2.28. The van der Waals surface area contributed by atoms with E-state index in [-0.39, 0.29) is 18.5 Å². The number of sulfonamides is 1. The highest BCUT2D eigenvalue weighted by molar-refractivity contribution is 7.92. The second-order valence-electron chi connectivity index (χ2n) is 8.50. The first-order valence-corrected chi connectivity index (χ1v) is 12.9. The van der Waals surface area contributed by atoms with Gasteiger partial charge in [-0.1, -0.05) is 47.5 Å². The quantitative estimate of drug-likeness (QED) is 0.577. The molecule has 0 aliphatic rings. The molecule has 0 saturated heterocycles. The lowest BCUT2D eigenvalue weighted by molar-refractivity contribution is -0.139. The molecular weight excluding hydrogens is 462 g/mol. The van der Waals surface area contributed by atoms with Crippen LogP contribution in [-0.2, 0) is 26.2 Å². The van der Waals surface area contributed by atoms with Gasteiger partial charge in [-0.25, -0.2) is 8.42 Å². The van der Waals surface area contributed by atoms with Crippen LogP contribution in [0, 0.1) is 13.8 Å². The molecule has 7 nitrogen and oxygen atoms in total. The largest absolute Gasteiger partial charge is 0.352 e. The van der Waals surface area contributed by atoms with Gasteiger partial charge in [-0.2, -0.15) is 0 Å². The topological polar surface area (TPSA) is 86.8 Å². The number of carbonyl (C=O) groups is 2. The van der Waals surface area contributed by atoms with Crippen LogP contribution in [0.1, 0.15) is 37.5 Å². The molecule has 2 aromatic rings. The third kappa shape index (κ3) is 7.20. The van der Waals surface area contributed by atoms with Gasteiger partial charge in [0, 0.05) is 17.6 Å². The van der Waals surface area contributed by atoms with Crippen LogP contribution in [0.3, 0.4) is 0 Å². The first kappa shape index (κ1) is 26.7. The summed E-state index contributed by atoms with van der Waals surface area (Å²) in [5.41, 5.74) is 2.78. The lowest BCUT2D eigenvalue weighted by Crippen LogP contribution is -2.52. The Kier molecular flexibility index (Phi) is 8.91. The molecule has 0 aliphatic carbocycles. The minimum Gasteiger partial charge on any atom is -0.352 e. The van der Waals surface area contributed by atoms with Crippen molar-refractivity contribution in [3.8, 4) is 0 Å². The fourth-order valence-corrected chi connectivity index (χ4v) is 4.41. The summed E-state index contributed by atoms with van der Waals surface area (Å²) >= 11 is 6.20. The Hall–Kier alpha value is -2.58. The lowest BCUT2D eigenvalue weighted by Gasteiger charge is -2.32. The molecule has 2 aromatic carbocycles. The average Bonchev–Trinajstić information content (AvgIpc) is 2.72. The first-order chi connectivity index (χ1) is 15.3. The molecule has 0 saturated carbocycles. The number of benzene rings is 2. The Morgan fingerprint density at radius 1 is 1.03 bits per heavy atom. The third-order valence-electron chi connectivity index (χ3n) is 5.26. The molecule has 0 aromatic heterocycles. The van der Waals surface area contributed by atoms with Crippen LogP contribution in [0.25, 0.3) is 0 Å². The van der Waals surface area contributed by atoms with Gasteiger partial charge in [0.15, 0.2) is 0 Å². The summed E-state index contributed by atoms with van der Waals surface area (Å²) in [7, 11) is -3.80. The molecular formula is C24H32ClN3O4S. The van der Waals surface area contributed by atoms with Crippen LogP contribution in [-0.4, -0.2) is 50.0 Å². The van der Waals surface area contributed by atoms with Crippen molar-refractivity contribution in [2.75, 3.05) is 17.1 Å². The molecule has 0 radical (unpaired) electrons. The number of hydrogen-bond acceptors (Lipinski definition) is 4. The van der Waals surface area contributed by atoms with Gasteiger partial charge >= 0.3 is 0 Å². The Bertz CT molecular complexity index is 1100. The average molecular weight is 494 g/mol. The summed E-state index contributed by atoms with van der Waals surface area (Å²) in [5, 5.41) is 3.22. The molecule has 0 aliphatic heterocycles. The smallest absolute Gasteiger partial charge is 0.244 e. The maximum absolute atomic E-state index is 13.5. The first-order valence-electron chi connectivity index (χ1n) is 10.7. The summed E-state index contributed by atoms with van der Waals surface area (Å²) in [6, 6.07) is 11.6. The molecule has 180 valence electrons. The second-order valence-corrected chi connectivity index (χ2v) is 10.8. The lowest BCUT2D eigenvalue weighted by atomic mass is 10.1. The van der Waals surface area contributed by atoms with E-state index in [0.29, 0.717) is 16.3 Å². The van der Waals surface area contributed by atoms with Crippen molar-refractivity contribution in [2.24, 2.45) is 0 Å². The Labute approximate surface area is 201 Å². The van der Waals surface area contributed by atoms with Crippen LogP contribution in [0.5, 0.6) is 0 Å². The van der Waals surface area contributed by atoms with Gasteiger partial charge in [-0.05, 0) is 57.9 Å². The molecule has 0 spiro atoms. The zero-order valence-electron chi connectivity index (χ0n) is 19.9. The molecule has 1 atom stereocenters. The molecule has 0 heterocycles. The van der Waals surface area contributed by atoms with Crippen molar-refractivity contribution in [2.45, 2.75) is 53.2 Å². The maximum Gasteiger partial charge on any atom is 0.244 e. The van der Waals surface area contributed by atoms with Crippen molar-refractivity contribution in [1.82, 2.24) is 10.2 Å². The highest BCUT2D eigenvalue weighted by atomic mass is 35.5. The molecule has 1 N–H and O–H groups in total. The summed E-state index contributed by atoms with van der Waals surface area (Å²) < 4.78 is 26.3. The number of carbonyl (C=O) groups excluding carboxylic acids is 2. The Morgan fingerprint density at radius 3 is 2.18 bits per heavy atom. The molecule has 2 rings (SSSR count). The van der Waals surface area contributed by atoms with E-state index in [2.05, 4.69) is 5.32 Å². The van der Waals surface area contributed by atoms with E-state index in [9.17, 15) is 18.0 Å². The van der Waals surface area contributed by atoms with E-state index < -0.39 is 28.5 Å². The van der Waals surface area contributed by atoms with Crippen molar-refractivity contribution in [3.05, 3.63) is 64.2 Å². The van der Waals surface area contributed by atoms with Crippen LogP contribution in [0.15, 0.2) is 42.5 Å². The predicted octanol–water partition coefficient (Wildman–Crippen LogP) is 3.66. The van der Waals surface area contributed by atoms with Crippen LogP contribution in [0.4, 0.5) is 5.69 Å². The molecule has 0 unspecified atom stereocenters. The zero-order valence-corrected chi connectivity index (χ0v) is 21.5. The number of nitrogens with one attached hydrogen (secondary N) is 1. The van der Waals surface area contributed by atoms with Crippen LogP contribution >= 0.6 is 11.6 Å². The molecule has 9 heteroatoms. The number of aryl methyl sites for hydroxylation is 1. The zero-order chi connectivity index (χ0) is 24.9. The summed E-state index contributed by atoms with van der Waals surface area (Å²) in [6.45, 7) is 8.68. The van der Waals surface area contributed by atoms with E-state index in [1.165, 1.54) is 4.90 Å². The fourth-order valence-electron chi connectivity index (χ4n) is 3.34. The van der Waals surface area contributed by atoms with Gasteiger partial charge in [0.05, 0.1) is 11.9 Å². The monoisotopic (exact) mass is 493 g/mol. The normalized spacial score (nSPS) is 12.4. The summed E-state index contributed by atoms with van der Waals surface area (Å²) in [6.07, 6.45) is 1.04. The van der Waals surface area contributed by atoms with Gasteiger partial charge in [0.1, 0.15) is 12.6 Å². The molecule has 33 heavy (non-hydrogen) atoms. The number of nitrogens with zero attached hydrogens (tertiary/aromatic N) is 2.